The highest BCUT2D eigenvalue weighted by molar-refractivity contribution is 5.89. The van der Waals surface area contributed by atoms with Crippen LogP contribution in [0, 0.1) is 0 Å². The summed E-state index contributed by atoms with van der Waals surface area (Å²) in [7, 11) is 0. The molecule has 0 radical (unpaired) electrons. The first-order chi connectivity index (χ1) is 10.0. The van der Waals surface area contributed by atoms with Gasteiger partial charge in [0.25, 0.3) is 0 Å². The van der Waals surface area contributed by atoms with E-state index in [-0.39, 0.29) is 24.0 Å². The van der Waals surface area contributed by atoms with E-state index in [4.69, 9.17) is 9.47 Å². The van der Waals surface area contributed by atoms with Crippen molar-refractivity contribution in [3.63, 3.8) is 0 Å². The number of ether oxygens (including phenoxy) is 2. The van der Waals surface area contributed by atoms with Crippen LogP contribution in [0.15, 0.2) is 24.3 Å². The third kappa shape index (κ3) is 4.96. The third-order valence-corrected chi connectivity index (χ3v) is 3.07. The molecule has 0 spiro atoms. The molecule has 2 N–H and O–H groups in total. The zero-order chi connectivity index (χ0) is 17.6. The van der Waals surface area contributed by atoms with Crippen LogP contribution in [0.25, 0.3) is 0 Å². The van der Waals surface area contributed by atoms with Gasteiger partial charge in [0.1, 0.15) is 0 Å². The molecule has 0 amide bonds. The van der Waals surface area contributed by atoms with Crippen molar-refractivity contribution in [3.05, 3.63) is 24.3 Å². The SMILES string of the molecule is C=C(C)C(=O)OC(O)(OC(=O)C(=C)C)C(O)(CCC)CCC. The fourth-order valence-electron chi connectivity index (χ4n) is 1.90. The molecule has 0 aliphatic carbocycles. The molecule has 0 heterocycles. The van der Waals surface area contributed by atoms with Crippen molar-refractivity contribution >= 4 is 11.9 Å². The highest BCUT2D eigenvalue weighted by Gasteiger charge is 2.56. The molecule has 6 nitrogen and oxygen atoms in total. The molecule has 0 unspecified atom stereocenters. The van der Waals surface area contributed by atoms with Crippen LogP contribution in [0.1, 0.15) is 53.4 Å². The molecule has 0 bridgehead atoms. The van der Waals surface area contributed by atoms with Crippen LogP contribution in [0.5, 0.6) is 0 Å². The van der Waals surface area contributed by atoms with E-state index in [1.807, 2.05) is 0 Å². The van der Waals surface area contributed by atoms with Gasteiger partial charge in [-0.05, 0) is 26.7 Å². The smallest absolute Gasteiger partial charge is 0.392 e. The summed E-state index contributed by atoms with van der Waals surface area (Å²) in [6, 6.07) is 0. The van der Waals surface area contributed by atoms with E-state index in [2.05, 4.69) is 13.2 Å². The van der Waals surface area contributed by atoms with Crippen LogP contribution in [-0.2, 0) is 19.1 Å². The Balaban J connectivity index is 5.71. The molecule has 0 aliphatic rings. The van der Waals surface area contributed by atoms with Gasteiger partial charge in [-0.1, -0.05) is 39.8 Å². The molecule has 6 heteroatoms. The Bertz CT molecular complexity index is 418. The van der Waals surface area contributed by atoms with Crippen LogP contribution in [-0.4, -0.2) is 33.7 Å². The first-order valence-electron chi connectivity index (χ1n) is 7.25. The summed E-state index contributed by atoms with van der Waals surface area (Å²) >= 11 is 0. The Labute approximate surface area is 131 Å². The minimum Gasteiger partial charge on any atom is -0.392 e. The third-order valence-electron chi connectivity index (χ3n) is 3.07. The second kappa shape index (κ2) is 8.10. The van der Waals surface area contributed by atoms with E-state index >= 15 is 0 Å². The average Bonchev–Trinajstić information content (AvgIpc) is 2.38. The largest absolute Gasteiger partial charge is 0.404 e. The Morgan fingerprint density at radius 2 is 1.23 bits per heavy atom. The van der Waals surface area contributed by atoms with Crippen LogP contribution < -0.4 is 0 Å². The van der Waals surface area contributed by atoms with Gasteiger partial charge in [-0.2, -0.15) is 0 Å². The maximum atomic E-state index is 11.8. The molecule has 0 saturated heterocycles. The van der Waals surface area contributed by atoms with Crippen molar-refractivity contribution in [2.45, 2.75) is 65.0 Å². The van der Waals surface area contributed by atoms with Gasteiger partial charge in [0, 0.05) is 11.1 Å². The Kier molecular flexibility index (Phi) is 7.49. The lowest BCUT2D eigenvalue weighted by Crippen LogP contribution is -2.59. The van der Waals surface area contributed by atoms with Crippen LogP contribution >= 0.6 is 0 Å². The second-order valence-electron chi connectivity index (χ2n) is 5.45. The van der Waals surface area contributed by atoms with Gasteiger partial charge in [-0.15, -0.1) is 0 Å². The topological polar surface area (TPSA) is 93.1 Å². The minimum absolute atomic E-state index is 0.000135. The van der Waals surface area contributed by atoms with Gasteiger partial charge in [-0.25, -0.2) is 9.59 Å². The van der Waals surface area contributed by atoms with Crippen molar-refractivity contribution in [2.75, 3.05) is 0 Å². The van der Waals surface area contributed by atoms with Crippen molar-refractivity contribution < 1.29 is 29.3 Å². The maximum absolute atomic E-state index is 11.8. The summed E-state index contributed by atoms with van der Waals surface area (Å²) in [5.74, 6) is -4.74. The molecule has 22 heavy (non-hydrogen) atoms. The molecule has 0 aromatic rings. The Morgan fingerprint density at radius 3 is 1.45 bits per heavy atom. The first kappa shape index (κ1) is 20.3. The van der Waals surface area contributed by atoms with Crippen molar-refractivity contribution in [1.29, 1.82) is 0 Å². The van der Waals surface area contributed by atoms with E-state index in [0.717, 1.165) is 0 Å². The highest BCUT2D eigenvalue weighted by atomic mass is 16.9. The lowest BCUT2D eigenvalue weighted by atomic mass is 9.89. The number of rotatable bonds is 9. The van der Waals surface area contributed by atoms with Gasteiger partial charge in [0.15, 0.2) is 5.60 Å². The fraction of sp³-hybridized carbons (Fsp3) is 0.625. The molecule has 0 aromatic heterocycles. The van der Waals surface area contributed by atoms with E-state index in [1.165, 1.54) is 13.8 Å². The number of esters is 2. The monoisotopic (exact) mass is 314 g/mol. The maximum Gasteiger partial charge on any atom is 0.404 e. The van der Waals surface area contributed by atoms with Gasteiger partial charge in [0.05, 0.1) is 0 Å². The van der Waals surface area contributed by atoms with Crippen LogP contribution in [0.4, 0.5) is 0 Å². The van der Waals surface area contributed by atoms with Crippen molar-refractivity contribution in [1.82, 2.24) is 0 Å². The molecule has 0 fully saturated rings. The number of hydrogen-bond acceptors (Lipinski definition) is 6. The predicted octanol–water partition coefficient (Wildman–Crippen LogP) is 2.20. The van der Waals surface area contributed by atoms with Gasteiger partial charge in [-0.3, -0.25) is 0 Å². The van der Waals surface area contributed by atoms with Crippen molar-refractivity contribution in [2.24, 2.45) is 0 Å². The molecule has 0 aliphatic heterocycles. The fourth-order valence-corrected chi connectivity index (χ4v) is 1.90. The van der Waals surface area contributed by atoms with E-state index in [9.17, 15) is 19.8 Å². The lowest BCUT2D eigenvalue weighted by Gasteiger charge is -2.40. The Hall–Kier alpha value is -1.66. The number of hydrogen-bond donors (Lipinski definition) is 2. The molecule has 0 rings (SSSR count). The summed E-state index contributed by atoms with van der Waals surface area (Å²) in [6.07, 6.45) is 1.11. The second-order valence-corrected chi connectivity index (χ2v) is 5.45. The molecule has 0 saturated carbocycles. The van der Waals surface area contributed by atoms with E-state index in [0.29, 0.717) is 12.8 Å². The number of carbonyl (C=O) groups is 2. The molecule has 0 aromatic carbocycles. The summed E-state index contributed by atoms with van der Waals surface area (Å²) in [5.41, 5.74) is -1.92. The van der Waals surface area contributed by atoms with E-state index < -0.39 is 23.5 Å². The van der Waals surface area contributed by atoms with Gasteiger partial charge >= 0.3 is 17.9 Å². The van der Waals surface area contributed by atoms with Gasteiger partial charge < -0.3 is 19.7 Å². The number of aliphatic hydroxyl groups is 2. The summed E-state index contributed by atoms with van der Waals surface area (Å²) in [6.45, 7) is 13.1. The van der Waals surface area contributed by atoms with E-state index in [1.54, 1.807) is 13.8 Å². The van der Waals surface area contributed by atoms with Crippen LogP contribution in [0.2, 0.25) is 0 Å². The molecular weight excluding hydrogens is 288 g/mol. The normalized spacial score (nSPS) is 11.7. The first-order valence-corrected chi connectivity index (χ1v) is 7.25. The molecular formula is C16H26O6. The Morgan fingerprint density at radius 1 is 0.909 bits per heavy atom. The lowest BCUT2D eigenvalue weighted by molar-refractivity contribution is -0.393. The summed E-state index contributed by atoms with van der Waals surface area (Å²) in [4.78, 5) is 23.5. The predicted molar refractivity (Wildman–Crippen MR) is 81.5 cm³/mol. The summed E-state index contributed by atoms with van der Waals surface area (Å²) < 4.78 is 9.75. The van der Waals surface area contributed by atoms with Gasteiger partial charge in [0.2, 0.25) is 0 Å². The minimum atomic E-state index is -2.80. The number of carbonyl (C=O) groups excluding carboxylic acids is 2. The zero-order valence-corrected chi connectivity index (χ0v) is 13.8. The average molecular weight is 314 g/mol. The zero-order valence-electron chi connectivity index (χ0n) is 13.8. The standard InChI is InChI=1S/C16H26O6/c1-7-9-15(19,10-8-2)16(20,21-13(17)11(3)4)22-14(18)12(5)6/h19-20H,3,5,7-10H2,1-2,4,6H3. The molecule has 126 valence electrons. The summed E-state index contributed by atoms with van der Waals surface area (Å²) in [5, 5.41) is 21.3. The van der Waals surface area contributed by atoms with Crippen LogP contribution in [0.3, 0.4) is 0 Å². The molecule has 0 atom stereocenters. The quantitative estimate of drug-likeness (QED) is 0.385. The highest BCUT2D eigenvalue weighted by Crippen LogP contribution is 2.35. The van der Waals surface area contributed by atoms with Crippen molar-refractivity contribution in [3.8, 4) is 0 Å².